The van der Waals surface area contributed by atoms with E-state index < -0.39 is 16.0 Å². The van der Waals surface area contributed by atoms with Crippen LogP contribution in [0.15, 0.2) is 29.2 Å². The molecule has 1 saturated carbocycles. The Morgan fingerprint density at radius 2 is 1.90 bits per heavy atom. The van der Waals surface area contributed by atoms with Gasteiger partial charge in [-0.15, -0.1) is 0 Å². The summed E-state index contributed by atoms with van der Waals surface area (Å²) in [5.41, 5.74) is 0.692. The van der Waals surface area contributed by atoms with Gasteiger partial charge in [0.15, 0.2) is 0 Å². The Morgan fingerprint density at radius 3 is 2.33 bits per heavy atom. The molecule has 0 spiro atoms. The van der Waals surface area contributed by atoms with E-state index in [0.717, 1.165) is 12.8 Å². The SMILES string of the molecule is CC(C)N(CC(=O)O)c1ccc(S(=O)(=O)NC2CC2)cc1. The van der Waals surface area contributed by atoms with Gasteiger partial charge in [-0.25, -0.2) is 13.1 Å². The molecule has 0 radical (unpaired) electrons. The van der Waals surface area contributed by atoms with E-state index in [9.17, 15) is 13.2 Å². The van der Waals surface area contributed by atoms with E-state index in [-0.39, 0.29) is 23.5 Å². The average Bonchev–Trinajstić information content (AvgIpc) is 3.19. The minimum Gasteiger partial charge on any atom is -0.480 e. The summed E-state index contributed by atoms with van der Waals surface area (Å²) in [5, 5.41) is 8.94. The smallest absolute Gasteiger partial charge is 0.323 e. The Labute approximate surface area is 124 Å². The zero-order valence-electron chi connectivity index (χ0n) is 12.1. The molecule has 6 nitrogen and oxygen atoms in total. The van der Waals surface area contributed by atoms with Crippen molar-refractivity contribution in [2.45, 2.75) is 43.7 Å². The second-order valence-corrected chi connectivity index (χ2v) is 7.22. The van der Waals surface area contributed by atoms with E-state index in [4.69, 9.17) is 5.11 Å². The Hall–Kier alpha value is -1.60. The molecule has 2 rings (SSSR count). The molecule has 0 amide bonds. The predicted octanol–water partition coefficient (Wildman–Crippen LogP) is 1.43. The van der Waals surface area contributed by atoms with Crippen LogP contribution in [0.1, 0.15) is 26.7 Å². The molecule has 1 aromatic rings. The topological polar surface area (TPSA) is 86.7 Å². The number of nitrogens with one attached hydrogen (secondary N) is 1. The lowest BCUT2D eigenvalue weighted by Crippen LogP contribution is -2.35. The Morgan fingerprint density at radius 1 is 1.33 bits per heavy atom. The fourth-order valence-electron chi connectivity index (χ4n) is 2.02. The normalized spacial score (nSPS) is 15.2. The monoisotopic (exact) mass is 312 g/mol. The van der Waals surface area contributed by atoms with E-state index in [0.29, 0.717) is 5.69 Å². The van der Waals surface area contributed by atoms with Crippen molar-refractivity contribution in [1.29, 1.82) is 0 Å². The number of carboxylic acid groups (broad SMARTS) is 1. The fourth-order valence-corrected chi connectivity index (χ4v) is 3.33. The number of aliphatic carboxylic acids is 1. The second-order valence-electron chi connectivity index (χ2n) is 5.50. The van der Waals surface area contributed by atoms with Crippen LogP contribution < -0.4 is 9.62 Å². The molecule has 0 unspecified atom stereocenters. The first-order chi connectivity index (χ1) is 9.79. The van der Waals surface area contributed by atoms with Crippen molar-refractivity contribution in [3.05, 3.63) is 24.3 Å². The van der Waals surface area contributed by atoms with Crippen LogP contribution >= 0.6 is 0 Å². The zero-order valence-corrected chi connectivity index (χ0v) is 12.9. The van der Waals surface area contributed by atoms with E-state index in [2.05, 4.69) is 4.72 Å². The Bertz CT molecular complexity index is 606. The highest BCUT2D eigenvalue weighted by Crippen LogP contribution is 2.24. The number of carbonyl (C=O) groups is 1. The van der Waals surface area contributed by atoms with Crippen molar-refractivity contribution in [2.75, 3.05) is 11.4 Å². The van der Waals surface area contributed by atoms with Crippen LogP contribution in [0, 0.1) is 0 Å². The number of hydrogen-bond donors (Lipinski definition) is 2. The third kappa shape index (κ3) is 4.18. The molecule has 0 saturated heterocycles. The standard InChI is InChI=1S/C14H20N2O4S/c1-10(2)16(9-14(17)18)12-5-7-13(8-6-12)21(19,20)15-11-3-4-11/h5-8,10-11,15H,3-4,9H2,1-2H3,(H,17,18). The number of carboxylic acids is 1. The first kappa shape index (κ1) is 15.8. The van der Waals surface area contributed by atoms with Gasteiger partial charge in [0.1, 0.15) is 6.54 Å². The lowest BCUT2D eigenvalue weighted by Gasteiger charge is -2.27. The number of anilines is 1. The molecule has 1 aromatic carbocycles. The van der Waals surface area contributed by atoms with E-state index in [1.54, 1.807) is 17.0 Å². The third-order valence-electron chi connectivity index (χ3n) is 3.31. The molecule has 7 heteroatoms. The van der Waals surface area contributed by atoms with Gasteiger partial charge in [0.05, 0.1) is 4.90 Å². The van der Waals surface area contributed by atoms with Gasteiger partial charge < -0.3 is 10.0 Å². The lowest BCUT2D eigenvalue weighted by atomic mass is 10.2. The van der Waals surface area contributed by atoms with Gasteiger partial charge in [-0.2, -0.15) is 0 Å². The van der Waals surface area contributed by atoms with Gasteiger partial charge in [0, 0.05) is 17.8 Å². The van der Waals surface area contributed by atoms with Crippen molar-refractivity contribution < 1.29 is 18.3 Å². The largest absolute Gasteiger partial charge is 0.480 e. The number of sulfonamides is 1. The summed E-state index contributed by atoms with van der Waals surface area (Å²) in [5.74, 6) is -0.921. The van der Waals surface area contributed by atoms with Crippen molar-refractivity contribution in [3.8, 4) is 0 Å². The summed E-state index contributed by atoms with van der Waals surface area (Å²) >= 11 is 0. The fraction of sp³-hybridized carbons (Fsp3) is 0.500. The number of rotatable bonds is 7. The molecular formula is C14H20N2O4S. The molecule has 2 N–H and O–H groups in total. The third-order valence-corrected chi connectivity index (χ3v) is 4.84. The summed E-state index contributed by atoms with van der Waals surface area (Å²) in [4.78, 5) is 12.8. The zero-order chi connectivity index (χ0) is 15.6. The maximum atomic E-state index is 12.1. The van der Waals surface area contributed by atoms with Crippen molar-refractivity contribution in [1.82, 2.24) is 4.72 Å². The molecule has 21 heavy (non-hydrogen) atoms. The second kappa shape index (κ2) is 6.03. The molecule has 0 heterocycles. The maximum Gasteiger partial charge on any atom is 0.323 e. The van der Waals surface area contributed by atoms with Gasteiger partial charge in [0.25, 0.3) is 0 Å². The summed E-state index contributed by atoms with van der Waals surface area (Å²) in [6, 6.07) is 6.38. The molecule has 1 aliphatic carbocycles. The predicted molar refractivity (Wildman–Crippen MR) is 79.9 cm³/mol. The number of benzene rings is 1. The van der Waals surface area contributed by atoms with Gasteiger partial charge in [-0.1, -0.05) is 0 Å². The summed E-state index contributed by atoms with van der Waals surface area (Å²) < 4.78 is 26.7. The van der Waals surface area contributed by atoms with Gasteiger partial charge >= 0.3 is 5.97 Å². The first-order valence-corrected chi connectivity index (χ1v) is 8.39. The van der Waals surface area contributed by atoms with Crippen LogP contribution in [-0.2, 0) is 14.8 Å². The van der Waals surface area contributed by atoms with Crippen LogP contribution in [0.2, 0.25) is 0 Å². The number of hydrogen-bond acceptors (Lipinski definition) is 4. The highest BCUT2D eigenvalue weighted by Gasteiger charge is 2.28. The van der Waals surface area contributed by atoms with Crippen LogP contribution in [-0.4, -0.2) is 38.1 Å². The van der Waals surface area contributed by atoms with Crippen LogP contribution in [0.25, 0.3) is 0 Å². The summed E-state index contributed by atoms with van der Waals surface area (Å²) in [6.45, 7) is 3.66. The maximum absolute atomic E-state index is 12.1. The van der Waals surface area contributed by atoms with Gasteiger partial charge in [0.2, 0.25) is 10.0 Å². The molecule has 0 aromatic heterocycles. The van der Waals surface area contributed by atoms with E-state index in [1.165, 1.54) is 12.1 Å². The van der Waals surface area contributed by atoms with Crippen molar-refractivity contribution in [2.24, 2.45) is 0 Å². The van der Waals surface area contributed by atoms with E-state index >= 15 is 0 Å². The highest BCUT2D eigenvalue weighted by atomic mass is 32.2. The quantitative estimate of drug-likeness (QED) is 0.795. The molecule has 116 valence electrons. The molecule has 1 aliphatic rings. The Kier molecular flexibility index (Phi) is 4.53. The molecular weight excluding hydrogens is 292 g/mol. The minimum absolute atomic E-state index is 0.00754. The summed E-state index contributed by atoms with van der Waals surface area (Å²) in [7, 11) is -3.47. The van der Waals surface area contributed by atoms with E-state index in [1.807, 2.05) is 13.8 Å². The average molecular weight is 312 g/mol. The number of nitrogens with zero attached hydrogens (tertiary/aromatic N) is 1. The van der Waals surface area contributed by atoms with Crippen LogP contribution in [0.3, 0.4) is 0 Å². The molecule has 1 fully saturated rings. The molecule has 0 bridgehead atoms. The first-order valence-electron chi connectivity index (χ1n) is 6.90. The van der Waals surface area contributed by atoms with Crippen LogP contribution in [0.4, 0.5) is 5.69 Å². The summed E-state index contributed by atoms with van der Waals surface area (Å²) in [6.07, 6.45) is 1.77. The van der Waals surface area contributed by atoms with Gasteiger partial charge in [-0.05, 0) is 51.0 Å². The lowest BCUT2D eigenvalue weighted by molar-refractivity contribution is -0.135. The van der Waals surface area contributed by atoms with Crippen LogP contribution in [0.5, 0.6) is 0 Å². The Balaban J connectivity index is 2.18. The molecule has 0 atom stereocenters. The van der Waals surface area contributed by atoms with Crippen molar-refractivity contribution in [3.63, 3.8) is 0 Å². The molecule has 0 aliphatic heterocycles. The van der Waals surface area contributed by atoms with Gasteiger partial charge in [-0.3, -0.25) is 4.79 Å². The highest BCUT2D eigenvalue weighted by molar-refractivity contribution is 7.89. The van der Waals surface area contributed by atoms with Crippen molar-refractivity contribution >= 4 is 21.7 Å². The minimum atomic E-state index is -3.47.